The summed E-state index contributed by atoms with van der Waals surface area (Å²) in [6.45, 7) is 2.07. The van der Waals surface area contributed by atoms with Crippen molar-refractivity contribution in [1.82, 2.24) is 4.98 Å². The number of nitrogens with zero attached hydrogens (tertiary/aromatic N) is 1. The molecule has 0 radical (unpaired) electrons. The lowest BCUT2D eigenvalue weighted by atomic mass is 10.1. The SMILES string of the molecule is Cc1ccc(-c2csc(Nc3ccc(Cl)cc3Cl)n2)cc1. The Bertz CT molecular complexity index is 766. The van der Waals surface area contributed by atoms with Crippen LogP contribution in [-0.4, -0.2) is 4.98 Å². The first-order valence-electron chi connectivity index (χ1n) is 6.36. The molecule has 0 unspecified atom stereocenters. The Kier molecular flexibility index (Phi) is 4.15. The highest BCUT2D eigenvalue weighted by molar-refractivity contribution is 7.14. The van der Waals surface area contributed by atoms with Crippen LogP contribution in [-0.2, 0) is 0 Å². The highest BCUT2D eigenvalue weighted by Gasteiger charge is 2.07. The van der Waals surface area contributed by atoms with Crippen LogP contribution >= 0.6 is 34.5 Å². The van der Waals surface area contributed by atoms with E-state index in [1.165, 1.54) is 5.56 Å². The summed E-state index contributed by atoms with van der Waals surface area (Å²) in [5, 5.41) is 7.24. The van der Waals surface area contributed by atoms with Gasteiger partial charge in [-0.3, -0.25) is 0 Å². The molecule has 0 aliphatic carbocycles. The first-order chi connectivity index (χ1) is 10.1. The first-order valence-corrected chi connectivity index (χ1v) is 8.00. The number of aromatic nitrogens is 1. The fourth-order valence-corrected chi connectivity index (χ4v) is 3.08. The van der Waals surface area contributed by atoms with Gasteiger partial charge in [0.15, 0.2) is 5.13 Å². The van der Waals surface area contributed by atoms with E-state index in [-0.39, 0.29) is 0 Å². The van der Waals surface area contributed by atoms with Gasteiger partial charge in [-0.05, 0) is 25.1 Å². The Morgan fingerprint density at radius 1 is 1.05 bits per heavy atom. The summed E-state index contributed by atoms with van der Waals surface area (Å²) in [5.74, 6) is 0. The number of hydrogen-bond donors (Lipinski definition) is 1. The van der Waals surface area contributed by atoms with Crippen LogP contribution in [0.1, 0.15) is 5.56 Å². The lowest BCUT2D eigenvalue weighted by molar-refractivity contribution is 1.37. The van der Waals surface area contributed by atoms with Gasteiger partial charge in [-0.1, -0.05) is 53.0 Å². The van der Waals surface area contributed by atoms with Crippen LogP contribution in [0.5, 0.6) is 0 Å². The molecule has 0 bridgehead atoms. The van der Waals surface area contributed by atoms with Gasteiger partial charge in [0.1, 0.15) is 0 Å². The van der Waals surface area contributed by atoms with Gasteiger partial charge >= 0.3 is 0 Å². The number of halogens is 2. The molecule has 2 aromatic carbocycles. The van der Waals surface area contributed by atoms with Gasteiger partial charge in [0.05, 0.1) is 16.4 Å². The molecule has 2 nitrogen and oxygen atoms in total. The summed E-state index contributed by atoms with van der Waals surface area (Å²) >= 11 is 13.6. The zero-order valence-corrected chi connectivity index (χ0v) is 13.6. The van der Waals surface area contributed by atoms with Crippen LogP contribution < -0.4 is 5.32 Å². The summed E-state index contributed by atoms with van der Waals surface area (Å²) in [6.07, 6.45) is 0. The Balaban J connectivity index is 1.83. The number of hydrogen-bond acceptors (Lipinski definition) is 3. The van der Waals surface area contributed by atoms with E-state index in [1.807, 2.05) is 11.4 Å². The van der Waals surface area contributed by atoms with E-state index in [4.69, 9.17) is 23.2 Å². The fourth-order valence-electron chi connectivity index (χ4n) is 1.89. The summed E-state index contributed by atoms with van der Waals surface area (Å²) < 4.78 is 0. The molecular weight excluding hydrogens is 323 g/mol. The van der Waals surface area contributed by atoms with Gasteiger partial charge < -0.3 is 5.32 Å². The number of aryl methyl sites for hydroxylation is 1. The molecule has 1 heterocycles. The Labute approximate surface area is 137 Å². The third kappa shape index (κ3) is 3.38. The van der Waals surface area contributed by atoms with Crippen LogP contribution in [0.25, 0.3) is 11.3 Å². The third-order valence-electron chi connectivity index (χ3n) is 3.02. The third-order valence-corrected chi connectivity index (χ3v) is 4.33. The van der Waals surface area contributed by atoms with Crippen molar-refractivity contribution in [3.05, 3.63) is 63.5 Å². The molecule has 0 atom stereocenters. The molecule has 0 aliphatic heterocycles. The maximum absolute atomic E-state index is 6.15. The minimum atomic E-state index is 0.578. The molecule has 1 N–H and O–H groups in total. The minimum Gasteiger partial charge on any atom is -0.330 e. The Morgan fingerprint density at radius 2 is 1.81 bits per heavy atom. The van der Waals surface area contributed by atoms with Crippen molar-refractivity contribution < 1.29 is 0 Å². The van der Waals surface area contributed by atoms with Crippen molar-refractivity contribution in [3.8, 4) is 11.3 Å². The van der Waals surface area contributed by atoms with Crippen molar-refractivity contribution in [2.45, 2.75) is 6.92 Å². The maximum Gasteiger partial charge on any atom is 0.187 e. The average Bonchev–Trinajstić information content (AvgIpc) is 2.91. The fraction of sp³-hybridized carbons (Fsp3) is 0.0625. The van der Waals surface area contributed by atoms with Gasteiger partial charge in [0.25, 0.3) is 0 Å². The van der Waals surface area contributed by atoms with E-state index < -0.39 is 0 Å². The minimum absolute atomic E-state index is 0.578. The number of nitrogens with one attached hydrogen (secondary N) is 1. The van der Waals surface area contributed by atoms with Crippen molar-refractivity contribution >= 4 is 45.4 Å². The molecule has 0 aliphatic rings. The molecule has 0 saturated carbocycles. The number of rotatable bonds is 3. The largest absolute Gasteiger partial charge is 0.330 e. The lowest BCUT2D eigenvalue weighted by Gasteiger charge is -2.05. The topological polar surface area (TPSA) is 24.9 Å². The molecular formula is C16H12Cl2N2S. The monoisotopic (exact) mass is 334 g/mol. The molecule has 0 spiro atoms. The molecule has 0 amide bonds. The second kappa shape index (κ2) is 6.06. The highest BCUT2D eigenvalue weighted by atomic mass is 35.5. The maximum atomic E-state index is 6.15. The summed E-state index contributed by atoms with van der Waals surface area (Å²) in [6, 6.07) is 13.7. The van der Waals surface area contributed by atoms with Gasteiger partial charge in [0, 0.05) is 16.0 Å². The molecule has 3 aromatic rings. The van der Waals surface area contributed by atoms with E-state index in [1.54, 1.807) is 23.5 Å². The summed E-state index contributed by atoms with van der Waals surface area (Å²) in [7, 11) is 0. The molecule has 0 saturated heterocycles. The lowest BCUT2D eigenvalue weighted by Crippen LogP contribution is -1.90. The van der Waals surface area contributed by atoms with E-state index in [0.29, 0.717) is 10.0 Å². The Morgan fingerprint density at radius 3 is 2.52 bits per heavy atom. The van der Waals surface area contributed by atoms with Crippen molar-refractivity contribution in [2.75, 3.05) is 5.32 Å². The molecule has 3 rings (SSSR count). The number of thiazole rings is 1. The van der Waals surface area contributed by atoms with Crippen molar-refractivity contribution in [1.29, 1.82) is 0 Å². The van der Waals surface area contributed by atoms with E-state index in [0.717, 1.165) is 22.1 Å². The van der Waals surface area contributed by atoms with Gasteiger partial charge in [-0.25, -0.2) is 4.98 Å². The summed E-state index contributed by atoms with van der Waals surface area (Å²) in [4.78, 5) is 4.58. The van der Waals surface area contributed by atoms with Gasteiger partial charge in [-0.2, -0.15) is 0 Å². The van der Waals surface area contributed by atoms with Crippen LogP contribution in [0, 0.1) is 6.92 Å². The predicted molar refractivity (Wildman–Crippen MR) is 92.0 cm³/mol. The van der Waals surface area contributed by atoms with Crippen molar-refractivity contribution in [2.24, 2.45) is 0 Å². The average molecular weight is 335 g/mol. The first kappa shape index (κ1) is 14.4. The van der Waals surface area contributed by atoms with Gasteiger partial charge in [0.2, 0.25) is 0 Å². The normalized spacial score (nSPS) is 10.6. The van der Waals surface area contributed by atoms with Crippen LogP contribution in [0.2, 0.25) is 10.0 Å². The second-order valence-electron chi connectivity index (χ2n) is 4.65. The predicted octanol–water partition coefficient (Wildman–Crippen LogP) is 6.17. The Hall–Kier alpha value is -1.55. The standard InChI is InChI=1S/C16H12Cl2N2S/c1-10-2-4-11(5-3-10)15-9-21-16(20-15)19-14-7-6-12(17)8-13(14)18/h2-9H,1H3,(H,19,20). The smallest absolute Gasteiger partial charge is 0.187 e. The van der Waals surface area contributed by atoms with Crippen LogP contribution in [0.3, 0.4) is 0 Å². The number of anilines is 2. The quantitative estimate of drug-likeness (QED) is 0.619. The zero-order valence-electron chi connectivity index (χ0n) is 11.2. The summed E-state index contributed by atoms with van der Waals surface area (Å²) in [5.41, 5.74) is 4.09. The van der Waals surface area contributed by atoms with Crippen molar-refractivity contribution in [3.63, 3.8) is 0 Å². The highest BCUT2D eigenvalue weighted by Crippen LogP contribution is 2.31. The molecule has 1 aromatic heterocycles. The zero-order chi connectivity index (χ0) is 14.8. The molecule has 5 heteroatoms. The van der Waals surface area contributed by atoms with E-state index in [2.05, 4.69) is 41.5 Å². The van der Waals surface area contributed by atoms with E-state index in [9.17, 15) is 0 Å². The van der Waals surface area contributed by atoms with E-state index >= 15 is 0 Å². The molecule has 106 valence electrons. The number of benzene rings is 2. The van der Waals surface area contributed by atoms with Crippen LogP contribution in [0.15, 0.2) is 47.8 Å². The molecule has 21 heavy (non-hydrogen) atoms. The van der Waals surface area contributed by atoms with Gasteiger partial charge in [-0.15, -0.1) is 11.3 Å². The van der Waals surface area contributed by atoms with Crippen LogP contribution in [0.4, 0.5) is 10.8 Å². The second-order valence-corrected chi connectivity index (χ2v) is 6.35. The molecule has 0 fully saturated rings.